The van der Waals surface area contributed by atoms with Gasteiger partial charge >= 0.3 is 0 Å². The Morgan fingerprint density at radius 2 is 2.26 bits per heavy atom. The summed E-state index contributed by atoms with van der Waals surface area (Å²) in [4.78, 5) is 2.42. The molecule has 2 nitrogen and oxygen atoms in total. The number of benzene rings is 1. The van der Waals surface area contributed by atoms with Gasteiger partial charge in [0, 0.05) is 36.7 Å². The van der Waals surface area contributed by atoms with Gasteiger partial charge in [0.25, 0.3) is 0 Å². The summed E-state index contributed by atoms with van der Waals surface area (Å²) in [5, 5.41) is 4.17. The van der Waals surface area contributed by atoms with Crippen LogP contribution in [-0.2, 0) is 6.54 Å². The van der Waals surface area contributed by atoms with Crippen molar-refractivity contribution in [3.05, 3.63) is 34.6 Å². The number of hydrogen-bond donors (Lipinski definition) is 1. The van der Waals surface area contributed by atoms with Crippen molar-refractivity contribution in [2.75, 3.05) is 13.1 Å². The Labute approximate surface area is 119 Å². The Morgan fingerprint density at radius 3 is 3.00 bits per heavy atom. The number of nitrogens with zero attached hydrogens (tertiary/aromatic N) is 1. The fraction of sp³-hybridized carbons (Fsp3) is 0.600. The van der Waals surface area contributed by atoms with E-state index in [1.165, 1.54) is 6.07 Å². The van der Waals surface area contributed by atoms with Crippen LogP contribution in [0.5, 0.6) is 0 Å². The summed E-state index contributed by atoms with van der Waals surface area (Å²) in [5.41, 5.74) is 0.886. The van der Waals surface area contributed by atoms with E-state index >= 15 is 0 Å². The summed E-state index contributed by atoms with van der Waals surface area (Å²) in [7, 11) is 0. The van der Waals surface area contributed by atoms with Crippen LogP contribution >= 0.6 is 11.6 Å². The number of hydrogen-bond acceptors (Lipinski definition) is 2. The molecule has 19 heavy (non-hydrogen) atoms. The molecule has 2 atom stereocenters. The largest absolute Gasteiger partial charge is 0.311 e. The fourth-order valence-electron chi connectivity index (χ4n) is 2.73. The molecule has 2 unspecified atom stereocenters. The van der Waals surface area contributed by atoms with E-state index in [1.54, 1.807) is 12.1 Å². The summed E-state index contributed by atoms with van der Waals surface area (Å²) in [6.07, 6.45) is 2.32. The van der Waals surface area contributed by atoms with Gasteiger partial charge in [-0.15, -0.1) is 0 Å². The maximum absolute atomic E-state index is 13.3. The van der Waals surface area contributed by atoms with Gasteiger partial charge in [-0.3, -0.25) is 4.90 Å². The summed E-state index contributed by atoms with van der Waals surface area (Å²) in [6, 6.07) is 5.60. The second-order valence-corrected chi connectivity index (χ2v) is 5.82. The minimum absolute atomic E-state index is 0.213. The molecule has 1 aromatic rings. The van der Waals surface area contributed by atoms with Gasteiger partial charge in [-0.05, 0) is 37.1 Å². The predicted molar refractivity (Wildman–Crippen MR) is 78.0 cm³/mol. The monoisotopic (exact) mass is 284 g/mol. The Kier molecular flexibility index (Phi) is 5.20. The number of piperazine rings is 1. The van der Waals surface area contributed by atoms with Gasteiger partial charge in [0.2, 0.25) is 0 Å². The van der Waals surface area contributed by atoms with E-state index in [1.807, 2.05) is 0 Å². The fourth-order valence-corrected chi connectivity index (χ4v) is 2.90. The predicted octanol–water partition coefficient (Wildman–Crippen LogP) is 3.44. The second-order valence-electron chi connectivity index (χ2n) is 5.42. The van der Waals surface area contributed by atoms with Crippen LogP contribution in [0.4, 0.5) is 4.39 Å². The van der Waals surface area contributed by atoms with Crippen molar-refractivity contribution in [1.29, 1.82) is 0 Å². The SMILES string of the molecule is CCCC1CNC(C)CN1Cc1cc(F)ccc1Cl. The van der Waals surface area contributed by atoms with E-state index in [-0.39, 0.29) is 5.82 Å². The van der Waals surface area contributed by atoms with E-state index in [0.717, 1.165) is 38.0 Å². The van der Waals surface area contributed by atoms with Gasteiger partial charge in [0.15, 0.2) is 0 Å². The third kappa shape index (κ3) is 3.91. The molecule has 1 fully saturated rings. The van der Waals surface area contributed by atoms with E-state index < -0.39 is 0 Å². The Balaban J connectivity index is 2.11. The molecule has 0 spiro atoms. The Bertz CT molecular complexity index is 425. The molecule has 0 saturated carbocycles. The lowest BCUT2D eigenvalue weighted by molar-refractivity contribution is 0.120. The van der Waals surface area contributed by atoms with Crippen molar-refractivity contribution < 1.29 is 4.39 Å². The molecule has 0 radical (unpaired) electrons. The van der Waals surface area contributed by atoms with Crippen LogP contribution in [0.25, 0.3) is 0 Å². The van der Waals surface area contributed by atoms with Gasteiger partial charge in [-0.2, -0.15) is 0 Å². The smallest absolute Gasteiger partial charge is 0.123 e. The van der Waals surface area contributed by atoms with Gasteiger partial charge < -0.3 is 5.32 Å². The van der Waals surface area contributed by atoms with Crippen LogP contribution < -0.4 is 5.32 Å². The van der Waals surface area contributed by atoms with Crippen LogP contribution in [0.3, 0.4) is 0 Å². The highest BCUT2D eigenvalue weighted by molar-refractivity contribution is 6.31. The standard InChI is InChI=1S/C15H22ClFN2/c1-3-4-14-8-18-11(2)9-19(14)10-12-7-13(17)5-6-15(12)16/h5-7,11,14,18H,3-4,8-10H2,1-2H3. The van der Waals surface area contributed by atoms with E-state index in [4.69, 9.17) is 11.6 Å². The average Bonchev–Trinajstić information content (AvgIpc) is 2.37. The third-order valence-electron chi connectivity index (χ3n) is 3.73. The van der Waals surface area contributed by atoms with Crippen LogP contribution in [-0.4, -0.2) is 30.1 Å². The van der Waals surface area contributed by atoms with Crippen LogP contribution in [0, 0.1) is 5.82 Å². The molecule has 1 aromatic carbocycles. The molecule has 0 bridgehead atoms. The van der Waals surface area contributed by atoms with E-state index in [2.05, 4.69) is 24.1 Å². The maximum atomic E-state index is 13.3. The van der Waals surface area contributed by atoms with Crippen molar-refractivity contribution in [1.82, 2.24) is 10.2 Å². The van der Waals surface area contributed by atoms with E-state index in [9.17, 15) is 4.39 Å². The molecule has 0 aromatic heterocycles. The minimum atomic E-state index is -0.213. The van der Waals surface area contributed by atoms with Crippen molar-refractivity contribution >= 4 is 11.6 Å². The Morgan fingerprint density at radius 1 is 1.47 bits per heavy atom. The van der Waals surface area contributed by atoms with E-state index in [0.29, 0.717) is 17.1 Å². The maximum Gasteiger partial charge on any atom is 0.123 e. The summed E-state index contributed by atoms with van der Waals surface area (Å²) < 4.78 is 13.3. The lowest BCUT2D eigenvalue weighted by Gasteiger charge is -2.39. The number of halogens is 2. The van der Waals surface area contributed by atoms with Gasteiger partial charge in [0.05, 0.1) is 0 Å². The molecule has 4 heteroatoms. The van der Waals surface area contributed by atoms with Crippen LogP contribution in [0.2, 0.25) is 5.02 Å². The first-order valence-corrected chi connectivity index (χ1v) is 7.39. The summed E-state index contributed by atoms with van der Waals surface area (Å²) in [6.45, 7) is 7.10. The molecule has 0 aliphatic carbocycles. The molecule has 1 aliphatic heterocycles. The Hall–Kier alpha value is -0.640. The molecule has 1 saturated heterocycles. The summed E-state index contributed by atoms with van der Waals surface area (Å²) >= 11 is 6.17. The van der Waals surface area contributed by atoms with Gasteiger partial charge in [-0.25, -0.2) is 4.39 Å². The topological polar surface area (TPSA) is 15.3 Å². The lowest BCUT2D eigenvalue weighted by Crippen LogP contribution is -2.54. The minimum Gasteiger partial charge on any atom is -0.311 e. The van der Waals surface area contributed by atoms with Crippen LogP contribution in [0.15, 0.2) is 18.2 Å². The first kappa shape index (κ1) is 14.8. The molecule has 106 valence electrons. The molecule has 1 N–H and O–H groups in total. The zero-order valence-electron chi connectivity index (χ0n) is 11.6. The van der Waals surface area contributed by atoms with Gasteiger partial charge in [0.1, 0.15) is 5.82 Å². The molecule has 0 amide bonds. The molecular formula is C15H22ClFN2. The lowest BCUT2D eigenvalue weighted by atomic mass is 10.0. The highest BCUT2D eigenvalue weighted by Gasteiger charge is 2.25. The zero-order valence-corrected chi connectivity index (χ0v) is 12.4. The number of nitrogens with one attached hydrogen (secondary N) is 1. The van der Waals surface area contributed by atoms with Crippen molar-refractivity contribution in [3.8, 4) is 0 Å². The molecule has 2 rings (SSSR count). The van der Waals surface area contributed by atoms with Gasteiger partial charge in [-0.1, -0.05) is 24.9 Å². The quantitative estimate of drug-likeness (QED) is 0.911. The molecular weight excluding hydrogens is 263 g/mol. The first-order valence-electron chi connectivity index (χ1n) is 7.01. The van der Waals surface area contributed by atoms with Crippen LogP contribution in [0.1, 0.15) is 32.3 Å². The highest BCUT2D eigenvalue weighted by Crippen LogP contribution is 2.22. The summed E-state index contributed by atoms with van der Waals surface area (Å²) in [5.74, 6) is -0.213. The van der Waals surface area contributed by atoms with Crippen molar-refractivity contribution in [2.45, 2.75) is 45.3 Å². The highest BCUT2D eigenvalue weighted by atomic mass is 35.5. The zero-order chi connectivity index (χ0) is 13.8. The average molecular weight is 285 g/mol. The third-order valence-corrected chi connectivity index (χ3v) is 4.10. The number of rotatable bonds is 4. The molecule has 1 heterocycles. The first-order chi connectivity index (χ1) is 9.10. The van der Waals surface area contributed by atoms with Crippen molar-refractivity contribution in [3.63, 3.8) is 0 Å². The van der Waals surface area contributed by atoms with Crippen molar-refractivity contribution in [2.24, 2.45) is 0 Å². The second kappa shape index (κ2) is 6.69. The normalized spacial score (nSPS) is 24.6. The molecule has 1 aliphatic rings.